The van der Waals surface area contributed by atoms with Gasteiger partial charge in [0.15, 0.2) is 0 Å². The third-order valence-electron chi connectivity index (χ3n) is 9.37. The van der Waals surface area contributed by atoms with Crippen molar-refractivity contribution in [3.8, 4) is 0 Å². The third-order valence-corrected chi connectivity index (χ3v) is 9.37. The second-order valence-corrected chi connectivity index (χ2v) is 10.5. The van der Waals surface area contributed by atoms with Gasteiger partial charge in [-0.1, -0.05) is 27.7 Å². The van der Waals surface area contributed by atoms with E-state index in [9.17, 15) is 0 Å². The fourth-order valence-corrected chi connectivity index (χ4v) is 7.71. The van der Waals surface area contributed by atoms with Crippen LogP contribution in [0.1, 0.15) is 69.7 Å². The minimum atomic E-state index is 0.574. The van der Waals surface area contributed by atoms with E-state index in [1.165, 1.54) is 42.3 Å². The summed E-state index contributed by atoms with van der Waals surface area (Å²) in [6.45, 7) is 12.5. The van der Waals surface area contributed by atoms with Crippen molar-refractivity contribution in [1.29, 1.82) is 0 Å². The minimum Gasteiger partial charge on any atom is -0.348 e. The predicted octanol–water partition coefficient (Wildman–Crippen LogP) is 6.47. The highest BCUT2D eigenvalue weighted by atomic mass is 14.9. The second-order valence-electron chi connectivity index (χ2n) is 10.5. The number of benzene rings is 1. The average molecular weight is 350 g/mol. The van der Waals surface area contributed by atoms with Gasteiger partial charge in [0.1, 0.15) is 0 Å². The first kappa shape index (κ1) is 16.9. The molecule has 3 aliphatic rings. The highest BCUT2D eigenvalue weighted by Crippen LogP contribution is 2.65. The summed E-state index contributed by atoms with van der Waals surface area (Å²) < 4.78 is 2.36. The molecule has 0 saturated heterocycles. The van der Waals surface area contributed by atoms with Crippen LogP contribution in [0.2, 0.25) is 0 Å². The van der Waals surface area contributed by atoms with Gasteiger partial charge in [-0.15, -0.1) is 0 Å². The molecule has 3 aliphatic carbocycles. The smallest absolute Gasteiger partial charge is 0.0482 e. The number of hydrogen-bond acceptors (Lipinski definition) is 0. The highest BCUT2D eigenvalue weighted by Gasteiger charge is 2.57. The quantitative estimate of drug-likeness (QED) is 0.513. The lowest BCUT2D eigenvalue weighted by Gasteiger charge is -2.53. The summed E-state index contributed by atoms with van der Waals surface area (Å²) in [5, 5.41) is 1.46. The van der Waals surface area contributed by atoms with E-state index in [1.807, 2.05) is 0 Å². The molecule has 26 heavy (non-hydrogen) atoms. The van der Waals surface area contributed by atoms with Crippen molar-refractivity contribution in [2.45, 2.75) is 66.2 Å². The molecule has 0 radical (unpaired) electrons. The molecule has 1 aromatic carbocycles. The van der Waals surface area contributed by atoms with Crippen molar-refractivity contribution >= 4 is 10.9 Å². The van der Waals surface area contributed by atoms with Gasteiger partial charge < -0.3 is 4.57 Å². The van der Waals surface area contributed by atoms with Gasteiger partial charge in [-0.25, -0.2) is 0 Å². The van der Waals surface area contributed by atoms with Crippen LogP contribution >= 0.6 is 0 Å². The summed E-state index contributed by atoms with van der Waals surface area (Å²) in [7, 11) is 2.21. The molecule has 0 bridgehead atoms. The van der Waals surface area contributed by atoms with E-state index < -0.39 is 0 Å². The fraction of sp³-hybridized carbons (Fsp3) is 0.680. The Morgan fingerprint density at radius 1 is 1.08 bits per heavy atom. The molecule has 5 rings (SSSR count). The fourth-order valence-electron chi connectivity index (χ4n) is 7.71. The van der Waals surface area contributed by atoms with E-state index in [0.29, 0.717) is 5.41 Å². The van der Waals surface area contributed by atoms with Gasteiger partial charge in [-0.05, 0) is 103 Å². The lowest BCUT2D eigenvalue weighted by atomic mass is 9.51. The Morgan fingerprint density at radius 3 is 2.62 bits per heavy atom. The van der Waals surface area contributed by atoms with Crippen LogP contribution < -0.4 is 0 Å². The van der Waals surface area contributed by atoms with E-state index in [2.05, 4.69) is 64.4 Å². The summed E-state index contributed by atoms with van der Waals surface area (Å²) in [5.41, 5.74) is 6.73. The molecule has 0 N–H and O–H groups in total. The molecule has 1 nitrogen and oxygen atoms in total. The Bertz CT molecular complexity index is 874. The van der Waals surface area contributed by atoms with Crippen molar-refractivity contribution in [3.05, 3.63) is 35.0 Å². The van der Waals surface area contributed by atoms with Gasteiger partial charge in [0.05, 0.1) is 0 Å². The van der Waals surface area contributed by atoms with Gasteiger partial charge >= 0.3 is 0 Å². The summed E-state index contributed by atoms with van der Waals surface area (Å²) >= 11 is 0. The average Bonchev–Trinajstić information content (AvgIpc) is 3.00. The van der Waals surface area contributed by atoms with Crippen molar-refractivity contribution in [3.63, 3.8) is 0 Å². The van der Waals surface area contributed by atoms with Gasteiger partial charge in [-0.2, -0.15) is 0 Å². The van der Waals surface area contributed by atoms with Crippen LogP contribution in [0.5, 0.6) is 0 Å². The maximum Gasteiger partial charge on any atom is 0.0482 e. The molecule has 2 aromatic rings. The largest absolute Gasteiger partial charge is 0.348 e. The normalized spacial score (nSPS) is 41.8. The van der Waals surface area contributed by atoms with Crippen LogP contribution in [0.4, 0.5) is 0 Å². The predicted molar refractivity (Wildman–Crippen MR) is 111 cm³/mol. The summed E-state index contributed by atoms with van der Waals surface area (Å²) in [6.07, 6.45) is 5.60. The summed E-state index contributed by atoms with van der Waals surface area (Å²) in [5.74, 6) is 5.24. The van der Waals surface area contributed by atoms with Crippen LogP contribution in [0.3, 0.4) is 0 Å². The zero-order valence-corrected chi connectivity index (χ0v) is 17.5. The molecule has 140 valence electrons. The lowest BCUT2D eigenvalue weighted by molar-refractivity contribution is -0.000208. The number of aryl methyl sites for hydroxylation is 3. The lowest BCUT2D eigenvalue weighted by Crippen LogP contribution is -2.45. The van der Waals surface area contributed by atoms with E-state index >= 15 is 0 Å². The van der Waals surface area contributed by atoms with E-state index in [4.69, 9.17) is 0 Å². The molecule has 6 unspecified atom stereocenters. The highest BCUT2D eigenvalue weighted by molar-refractivity contribution is 5.83. The van der Waals surface area contributed by atoms with Crippen LogP contribution in [-0.2, 0) is 13.5 Å². The minimum absolute atomic E-state index is 0.574. The van der Waals surface area contributed by atoms with E-state index in [-0.39, 0.29) is 0 Å². The molecular weight excluding hydrogens is 314 g/mol. The molecule has 2 fully saturated rings. The topological polar surface area (TPSA) is 4.93 Å². The van der Waals surface area contributed by atoms with Gasteiger partial charge in [-0.3, -0.25) is 0 Å². The molecule has 0 amide bonds. The Hall–Kier alpha value is -1.24. The van der Waals surface area contributed by atoms with Crippen molar-refractivity contribution < 1.29 is 0 Å². The summed E-state index contributed by atoms with van der Waals surface area (Å²) in [4.78, 5) is 0. The molecule has 1 aromatic heterocycles. The monoisotopic (exact) mass is 349 g/mol. The number of aromatic nitrogens is 1. The third kappa shape index (κ3) is 2.04. The SMILES string of the molecule is Cc1cc2cc3c(cc2n1C)CCC1C3C(C)C[C@]2(C)C(C)C(C)CC12. The van der Waals surface area contributed by atoms with E-state index in [0.717, 1.165) is 35.5 Å². The number of rotatable bonds is 0. The Kier molecular flexibility index (Phi) is 3.51. The summed E-state index contributed by atoms with van der Waals surface area (Å²) in [6, 6.07) is 7.49. The van der Waals surface area contributed by atoms with Crippen molar-refractivity contribution in [1.82, 2.24) is 4.57 Å². The Labute approximate surface area is 159 Å². The second kappa shape index (κ2) is 5.40. The maximum absolute atomic E-state index is 2.64. The molecule has 1 heteroatoms. The van der Waals surface area contributed by atoms with Gasteiger partial charge in [0.2, 0.25) is 0 Å². The van der Waals surface area contributed by atoms with Crippen LogP contribution in [0.15, 0.2) is 18.2 Å². The Balaban J connectivity index is 1.62. The first-order chi connectivity index (χ1) is 12.3. The number of nitrogens with zero attached hydrogens (tertiary/aromatic N) is 1. The maximum atomic E-state index is 2.64. The zero-order valence-electron chi connectivity index (χ0n) is 17.5. The first-order valence-corrected chi connectivity index (χ1v) is 10.9. The molecule has 1 heterocycles. The van der Waals surface area contributed by atoms with Crippen LogP contribution in [0, 0.1) is 41.9 Å². The number of hydrogen-bond donors (Lipinski definition) is 0. The molecule has 0 aliphatic heterocycles. The van der Waals surface area contributed by atoms with Crippen LogP contribution in [-0.4, -0.2) is 4.57 Å². The first-order valence-electron chi connectivity index (χ1n) is 10.9. The number of fused-ring (bicyclic) bond motifs is 6. The molecular formula is C25H35N. The molecule has 2 saturated carbocycles. The standard InChI is InChI=1S/C25H35N/c1-14-9-22-20-8-7-18-12-23-19(10-16(3)26(23)6)11-21(18)24(20)15(2)13-25(22,5)17(14)4/h10-12,14-15,17,20,22,24H,7-9,13H2,1-6H3/t14?,15?,17?,20?,22?,24?,25-/m1/s1. The van der Waals surface area contributed by atoms with E-state index in [1.54, 1.807) is 11.1 Å². The van der Waals surface area contributed by atoms with Crippen LogP contribution in [0.25, 0.3) is 10.9 Å². The van der Waals surface area contributed by atoms with Crippen molar-refractivity contribution in [2.75, 3.05) is 0 Å². The molecule has 0 spiro atoms. The van der Waals surface area contributed by atoms with Gasteiger partial charge in [0, 0.05) is 23.6 Å². The van der Waals surface area contributed by atoms with Gasteiger partial charge in [0.25, 0.3) is 0 Å². The molecule has 7 atom stereocenters. The van der Waals surface area contributed by atoms with Crippen molar-refractivity contribution in [2.24, 2.45) is 42.1 Å². The zero-order chi connectivity index (χ0) is 18.4. The Morgan fingerprint density at radius 2 is 1.85 bits per heavy atom.